The number of ether oxygens (including phenoxy) is 1. The Labute approximate surface area is 138 Å². The van der Waals surface area contributed by atoms with Crippen LogP contribution in [0.5, 0.6) is 5.75 Å². The lowest BCUT2D eigenvalue weighted by atomic mass is 10.2. The van der Waals surface area contributed by atoms with E-state index in [0.29, 0.717) is 17.9 Å². The van der Waals surface area contributed by atoms with Gasteiger partial charge in [-0.2, -0.15) is 0 Å². The minimum absolute atomic E-state index is 0.298. The molecule has 4 nitrogen and oxygen atoms in total. The van der Waals surface area contributed by atoms with Crippen molar-refractivity contribution in [3.05, 3.63) is 70.7 Å². The summed E-state index contributed by atoms with van der Waals surface area (Å²) in [6.07, 6.45) is 0. The fourth-order valence-corrected chi connectivity index (χ4v) is 2.96. The highest BCUT2D eigenvalue weighted by Gasteiger charge is 2.10. The van der Waals surface area contributed by atoms with Crippen molar-refractivity contribution in [2.45, 2.75) is 13.5 Å². The molecule has 0 fully saturated rings. The monoisotopic (exact) mass is 324 g/mol. The average molecular weight is 324 g/mol. The number of thiazole rings is 1. The van der Waals surface area contributed by atoms with Crippen LogP contribution in [0.25, 0.3) is 10.6 Å². The molecule has 5 heteroatoms. The van der Waals surface area contributed by atoms with Crippen LogP contribution in [-0.2, 0) is 6.61 Å². The lowest BCUT2D eigenvalue weighted by Crippen LogP contribution is -2.12. The van der Waals surface area contributed by atoms with Gasteiger partial charge in [0.1, 0.15) is 17.4 Å². The van der Waals surface area contributed by atoms with E-state index < -0.39 is 5.91 Å². The molecule has 23 heavy (non-hydrogen) atoms. The van der Waals surface area contributed by atoms with E-state index in [2.05, 4.69) is 36.2 Å². The van der Waals surface area contributed by atoms with Gasteiger partial charge in [-0.05, 0) is 19.1 Å². The third kappa shape index (κ3) is 3.57. The average Bonchev–Trinajstić information content (AvgIpc) is 3.03. The van der Waals surface area contributed by atoms with E-state index in [1.54, 1.807) is 35.6 Å². The maximum atomic E-state index is 11.4. The minimum atomic E-state index is -0.501. The number of nitrogens with two attached hydrogens (primary N) is 1. The number of carbonyl (C=O) groups is 1. The summed E-state index contributed by atoms with van der Waals surface area (Å²) in [5, 5.41) is 2.91. The summed E-state index contributed by atoms with van der Waals surface area (Å²) >= 11 is 1.57. The fraction of sp³-hybridized carbons (Fsp3) is 0.111. The molecular formula is C18H16N2O2S. The van der Waals surface area contributed by atoms with Crippen molar-refractivity contribution in [2.75, 3.05) is 0 Å². The number of para-hydroxylation sites is 1. The normalized spacial score (nSPS) is 10.5. The molecule has 0 aliphatic heterocycles. The van der Waals surface area contributed by atoms with E-state index >= 15 is 0 Å². The van der Waals surface area contributed by atoms with Crippen LogP contribution in [0.4, 0.5) is 0 Å². The number of aryl methyl sites for hydroxylation is 1. The van der Waals surface area contributed by atoms with Crippen molar-refractivity contribution in [2.24, 2.45) is 5.73 Å². The van der Waals surface area contributed by atoms with Gasteiger partial charge >= 0.3 is 0 Å². The van der Waals surface area contributed by atoms with Crippen LogP contribution in [0.3, 0.4) is 0 Å². The molecule has 1 amide bonds. The van der Waals surface area contributed by atoms with E-state index in [1.807, 2.05) is 5.38 Å². The predicted molar refractivity (Wildman–Crippen MR) is 91.6 cm³/mol. The van der Waals surface area contributed by atoms with E-state index in [0.717, 1.165) is 16.3 Å². The molecule has 0 saturated carbocycles. The van der Waals surface area contributed by atoms with Crippen LogP contribution < -0.4 is 10.5 Å². The van der Waals surface area contributed by atoms with Crippen molar-refractivity contribution >= 4 is 17.2 Å². The Hall–Kier alpha value is -2.66. The van der Waals surface area contributed by atoms with Gasteiger partial charge in [-0.1, -0.05) is 42.0 Å². The zero-order valence-electron chi connectivity index (χ0n) is 12.7. The van der Waals surface area contributed by atoms with Gasteiger partial charge in [0.05, 0.1) is 11.3 Å². The summed E-state index contributed by atoms with van der Waals surface area (Å²) in [6.45, 7) is 2.35. The number of primary amides is 1. The second-order valence-corrected chi connectivity index (χ2v) is 6.02. The zero-order valence-corrected chi connectivity index (χ0v) is 13.5. The van der Waals surface area contributed by atoms with Crippen LogP contribution >= 0.6 is 11.3 Å². The number of hydrogen-bond acceptors (Lipinski definition) is 4. The molecule has 0 atom stereocenters. The molecule has 0 saturated heterocycles. The number of nitrogens with zero attached hydrogens (tertiary/aromatic N) is 1. The van der Waals surface area contributed by atoms with Gasteiger partial charge in [0.15, 0.2) is 0 Å². The van der Waals surface area contributed by atoms with E-state index in [-0.39, 0.29) is 0 Å². The number of benzene rings is 2. The second kappa shape index (κ2) is 6.62. The van der Waals surface area contributed by atoms with E-state index in [4.69, 9.17) is 10.5 Å². The molecule has 3 rings (SSSR count). The highest BCUT2D eigenvalue weighted by molar-refractivity contribution is 7.13. The Bertz CT molecular complexity index is 825. The molecule has 0 radical (unpaired) electrons. The zero-order chi connectivity index (χ0) is 16.2. The topological polar surface area (TPSA) is 65.2 Å². The highest BCUT2D eigenvalue weighted by Crippen LogP contribution is 2.25. The molecular weight excluding hydrogens is 308 g/mol. The lowest BCUT2D eigenvalue weighted by molar-refractivity contribution is 0.0996. The molecule has 0 unspecified atom stereocenters. The smallest absolute Gasteiger partial charge is 0.252 e. The first kappa shape index (κ1) is 15.2. The standard InChI is InChI=1S/C18H16N2O2S/c1-12-6-8-13(9-7-12)18-20-14(11-23-18)10-22-16-5-3-2-4-15(16)17(19)21/h2-9,11H,10H2,1H3,(H2,19,21). The van der Waals surface area contributed by atoms with Crippen molar-refractivity contribution in [3.8, 4) is 16.3 Å². The Balaban J connectivity index is 1.73. The summed E-state index contributed by atoms with van der Waals surface area (Å²) in [5.41, 5.74) is 8.85. The number of amides is 1. The van der Waals surface area contributed by atoms with Crippen LogP contribution in [0.15, 0.2) is 53.9 Å². The summed E-state index contributed by atoms with van der Waals surface area (Å²) in [5.74, 6) is -0.0240. The Morgan fingerprint density at radius 3 is 2.65 bits per heavy atom. The summed E-state index contributed by atoms with van der Waals surface area (Å²) in [6, 6.07) is 15.2. The first-order chi connectivity index (χ1) is 11.1. The third-order valence-corrected chi connectivity index (χ3v) is 4.32. The maximum absolute atomic E-state index is 11.4. The molecule has 2 aromatic carbocycles. The summed E-state index contributed by atoms with van der Waals surface area (Å²) < 4.78 is 5.70. The van der Waals surface area contributed by atoms with Gasteiger partial charge in [-0.15, -0.1) is 11.3 Å². The van der Waals surface area contributed by atoms with Crippen molar-refractivity contribution in [1.82, 2.24) is 4.98 Å². The van der Waals surface area contributed by atoms with Crippen LogP contribution in [-0.4, -0.2) is 10.9 Å². The van der Waals surface area contributed by atoms with Gasteiger partial charge in [-0.3, -0.25) is 4.79 Å². The highest BCUT2D eigenvalue weighted by atomic mass is 32.1. The first-order valence-corrected chi connectivity index (χ1v) is 8.04. The summed E-state index contributed by atoms with van der Waals surface area (Å²) in [4.78, 5) is 16.0. The van der Waals surface area contributed by atoms with Gasteiger partial charge < -0.3 is 10.5 Å². The summed E-state index contributed by atoms with van der Waals surface area (Å²) in [7, 11) is 0. The molecule has 116 valence electrons. The van der Waals surface area contributed by atoms with Crippen LogP contribution in [0.2, 0.25) is 0 Å². The third-order valence-electron chi connectivity index (χ3n) is 3.38. The number of rotatable bonds is 5. The molecule has 0 bridgehead atoms. The first-order valence-electron chi connectivity index (χ1n) is 7.16. The van der Waals surface area contributed by atoms with E-state index in [9.17, 15) is 4.79 Å². The maximum Gasteiger partial charge on any atom is 0.252 e. The van der Waals surface area contributed by atoms with Crippen LogP contribution in [0, 0.1) is 6.92 Å². The van der Waals surface area contributed by atoms with Crippen molar-refractivity contribution in [3.63, 3.8) is 0 Å². The second-order valence-electron chi connectivity index (χ2n) is 5.16. The fourth-order valence-electron chi connectivity index (χ4n) is 2.15. The predicted octanol–water partition coefficient (Wildman–Crippen LogP) is 3.80. The lowest BCUT2D eigenvalue weighted by Gasteiger charge is -2.07. The molecule has 3 aromatic rings. The molecule has 0 aliphatic carbocycles. The molecule has 1 heterocycles. The number of hydrogen-bond donors (Lipinski definition) is 1. The molecule has 2 N–H and O–H groups in total. The van der Waals surface area contributed by atoms with E-state index in [1.165, 1.54) is 5.56 Å². The molecule has 0 aliphatic rings. The van der Waals surface area contributed by atoms with Crippen LogP contribution in [0.1, 0.15) is 21.6 Å². The van der Waals surface area contributed by atoms with Gasteiger partial charge in [-0.25, -0.2) is 4.98 Å². The largest absolute Gasteiger partial charge is 0.486 e. The molecule has 0 spiro atoms. The number of carbonyl (C=O) groups excluding carboxylic acids is 1. The Kier molecular flexibility index (Phi) is 4.39. The van der Waals surface area contributed by atoms with Gasteiger partial charge in [0.25, 0.3) is 5.91 Å². The van der Waals surface area contributed by atoms with Gasteiger partial charge in [0.2, 0.25) is 0 Å². The quantitative estimate of drug-likeness (QED) is 0.776. The van der Waals surface area contributed by atoms with Gasteiger partial charge in [0, 0.05) is 10.9 Å². The van der Waals surface area contributed by atoms with Crippen molar-refractivity contribution < 1.29 is 9.53 Å². The Morgan fingerprint density at radius 2 is 1.91 bits per heavy atom. The van der Waals surface area contributed by atoms with Crippen molar-refractivity contribution in [1.29, 1.82) is 0 Å². The molecule has 1 aromatic heterocycles. The minimum Gasteiger partial charge on any atom is -0.486 e. The number of aromatic nitrogens is 1. The SMILES string of the molecule is Cc1ccc(-c2nc(COc3ccccc3C(N)=O)cs2)cc1. The Morgan fingerprint density at radius 1 is 1.17 bits per heavy atom.